The predicted octanol–water partition coefficient (Wildman–Crippen LogP) is 6.49. The molecule has 4 rings (SSSR count). The van der Waals surface area contributed by atoms with E-state index in [0.717, 1.165) is 0 Å². The summed E-state index contributed by atoms with van der Waals surface area (Å²) in [7, 11) is 0. The van der Waals surface area contributed by atoms with E-state index in [1.807, 2.05) is 27.7 Å². The molecule has 0 radical (unpaired) electrons. The predicted molar refractivity (Wildman–Crippen MR) is 146 cm³/mol. The minimum absolute atomic E-state index is 0.0300. The Morgan fingerprint density at radius 2 is 1.89 bits per heavy atom. The number of hydrogen-bond acceptors (Lipinski definition) is 5. The number of rotatable bonds is 8. The van der Waals surface area contributed by atoms with Crippen LogP contribution in [-0.4, -0.2) is 32.3 Å². The van der Waals surface area contributed by atoms with Gasteiger partial charge in [0.25, 0.3) is 0 Å². The van der Waals surface area contributed by atoms with Crippen LogP contribution < -0.4 is 10.2 Å². The Kier molecular flexibility index (Phi) is 9.61. The van der Waals surface area contributed by atoms with Crippen molar-refractivity contribution in [2.24, 2.45) is 5.92 Å². The summed E-state index contributed by atoms with van der Waals surface area (Å²) in [6.45, 7) is 7.49. The van der Waals surface area contributed by atoms with Gasteiger partial charge in [0.15, 0.2) is 0 Å². The van der Waals surface area contributed by atoms with Crippen molar-refractivity contribution in [3.63, 3.8) is 0 Å². The molecule has 0 bridgehead atoms. The van der Waals surface area contributed by atoms with Crippen molar-refractivity contribution in [3.05, 3.63) is 98.8 Å². The minimum Gasteiger partial charge on any atom is -0.477 e. The molecule has 200 valence electrons. The molecule has 0 spiro atoms. The van der Waals surface area contributed by atoms with Crippen LogP contribution in [0.15, 0.2) is 65.8 Å². The van der Waals surface area contributed by atoms with Gasteiger partial charge < -0.3 is 19.5 Å². The van der Waals surface area contributed by atoms with Crippen LogP contribution in [0.4, 0.5) is 4.39 Å². The van der Waals surface area contributed by atoms with Crippen LogP contribution in [0, 0.1) is 11.7 Å². The standard InChI is InChI=1S/C27H24ClFN2O5.C2H6/c1-15(2)23(14-32)31-13-20(27(34)35)26(33)19-10-17(9-16-5-3-7-21(28)25(16)29)24(11-22(19)31)36-18-6-4-8-30-12-18;1-2/h3-8,10-13,15,23,32H,9,14H2,1-2H3,(H,34,35);1-2H3. The van der Waals surface area contributed by atoms with Crippen LogP contribution in [0.3, 0.4) is 0 Å². The Morgan fingerprint density at radius 3 is 2.50 bits per heavy atom. The summed E-state index contributed by atoms with van der Waals surface area (Å²) >= 11 is 5.97. The van der Waals surface area contributed by atoms with E-state index in [1.165, 1.54) is 24.5 Å². The van der Waals surface area contributed by atoms with Gasteiger partial charge >= 0.3 is 5.97 Å². The van der Waals surface area contributed by atoms with Crippen molar-refractivity contribution >= 4 is 28.5 Å². The normalized spacial score (nSPS) is 11.7. The number of carboxylic acids is 1. The second-order valence-electron chi connectivity index (χ2n) is 8.74. The van der Waals surface area contributed by atoms with Gasteiger partial charge in [-0.3, -0.25) is 9.78 Å². The van der Waals surface area contributed by atoms with Gasteiger partial charge in [0.05, 0.1) is 29.4 Å². The van der Waals surface area contributed by atoms with Crippen molar-refractivity contribution in [1.82, 2.24) is 9.55 Å². The molecule has 0 aliphatic rings. The zero-order valence-corrected chi connectivity index (χ0v) is 22.4. The second kappa shape index (κ2) is 12.7. The molecule has 0 amide bonds. The van der Waals surface area contributed by atoms with E-state index in [1.54, 1.807) is 41.1 Å². The highest BCUT2D eigenvalue weighted by Crippen LogP contribution is 2.34. The summed E-state index contributed by atoms with van der Waals surface area (Å²) in [5.74, 6) is -1.31. The smallest absolute Gasteiger partial charge is 0.341 e. The van der Waals surface area contributed by atoms with Crippen molar-refractivity contribution in [1.29, 1.82) is 0 Å². The fraction of sp³-hybridized carbons (Fsp3) is 0.276. The van der Waals surface area contributed by atoms with Gasteiger partial charge in [-0.15, -0.1) is 0 Å². The maximum atomic E-state index is 14.8. The highest BCUT2D eigenvalue weighted by Gasteiger charge is 2.23. The first kappa shape index (κ1) is 28.8. The number of ether oxygens (including phenoxy) is 1. The number of benzene rings is 2. The van der Waals surface area contributed by atoms with Gasteiger partial charge in [0.2, 0.25) is 5.43 Å². The molecule has 2 aromatic carbocycles. The summed E-state index contributed by atoms with van der Waals surface area (Å²) in [5.41, 5.74) is -0.00358. The SMILES string of the molecule is CC.CC(C)C(CO)n1cc(C(=O)O)c(=O)c2cc(Cc3cccc(Cl)c3F)c(Oc3cccnc3)cc21. The van der Waals surface area contributed by atoms with Crippen molar-refractivity contribution in [2.75, 3.05) is 6.61 Å². The molecular formula is C29H30ClFN2O5. The van der Waals surface area contributed by atoms with Crippen LogP contribution >= 0.6 is 11.6 Å². The molecule has 0 saturated carbocycles. The highest BCUT2D eigenvalue weighted by molar-refractivity contribution is 6.30. The lowest BCUT2D eigenvalue weighted by Gasteiger charge is -2.25. The summed E-state index contributed by atoms with van der Waals surface area (Å²) in [6.07, 6.45) is 4.38. The molecule has 4 aromatic rings. The van der Waals surface area contributed by atoms with Crippen LogP contribution in [0.5, 0.6) is 11.5 Å². The molecule has 0 saturated heterocycles. The van der Waals surface area contributed by atoms with Gasteiger partial charge in [-0.2, -0.15) is 0 Å². The lowest BCUT2D eigenvalue weighted by Crippen LogP contribution is -2.25. The molecule has 2 N–H and O–H groups in total. The number of pyridine rings is 2. The Hall–Kier alpha value is -3.75. The van der Waals surface area contributed by atoms with Gasteiger partial charge in [0.1, 0.15) is 22.9 Å². The first-order chi connectivity index (χ1) is 18.2. The number of aromatic carboxylic acids is 1. The average molecular weight is 541 g/mol. The Balaban J connectivity index is 0.00000195. The molecule has 2 aromatic heterocycles. The number of nitrogens with zero attached hydrogens (tertiary/aromatic N) is 2. The van der Waals surface area contributed by atoms with E-state index < -0.39 is 28.8 Å². The number of aliphatic hydroxyl groups excluding tert-OH is 1. The van der Waals surface area contributed by atoms with Crippen molar-refractivity contribution in [3.8, 4) is 11.5 Å². The monoisotopic (exact) mass is 540 g/mol. The molecule has 9 heteroatoms. The van der Waals surface area contributed by atoms with Crippen molar-refractivity contribution < 1.29 is 24.1 Å². The summed E-state index contributed by atoms with van der Waals surface area (Å²) < 4.78 is 22.4. The molecule has 1 atom stereocenters. The summed E-state index contributed by atoms with van der Waals surface area (Å²) in [5, 5.41) is 19.8. The summed E-state index contributed by atoms with van der Waals surface area (Å²) in [6, 6.07) is 10.6. The van der Waals surface area contributed by atoms with Gasteiger partial charge in [-0.25, -0.2) is 9.18 Å². The average Bonchev–Trinajstić information content (AvgIpc) is 2.90. The third kappa shape index (κ3) is 6.03. The molecule has 2 heterocycles. The van der Waals surface area contributed by atoms with E-state index in [4.69, 9.17) is 16.3 Å². The molecule has 0 fully saturated rings. The third-order valence-electron chi connectivity index (χ3n) is 6.03. The number of fused-ring (bicyclic) bond motifs is 1. The fourth-order valence-corrected chi connectivity index (χ4v) is 4.32. The number of hydrogen-bond donors (Lipinski definition) is 2. The van der Waals surface area contributed by atoms with Gasteiger partial charge in [-0.05, 0) is 35.7 Å². The van der Waals surface area contributed by atoms with Gasteiger partial charge in [0, 0.05) is 35.8 Å². The van der Waals surface area contributed by atoms with E-state index in [0.29, 0.717) is 22.6 Å². The molecule has 0 aliphatic carbocycles. The highest BCUT2D eigenvalue weighted by atomic mass is 35.5. The zero-order chi connectivity index (χ0) is 28.0. The number of halogens is 2. The molecule has 1 unspecified atom stereocenters. The van der Waals surface area contributed by atoms with E-state index in [9.17, 15) is 24.2 Å². The first-order valence-electron chi connectivity index (χ1n) is 12.3. The van der Waals surface area contributed by atoms with Gasteiger partial charge in [-0.1, -0.05) is 51.4 Å². The van der Waals surface area contributed by atoms with E-state index in [-0.39, 0.29) is 34.9 Å². The maximum Gasteiger partial charge on any atom is 0.341 e. The topological polar surface area (TPSA) is 102 Å². The number of carbonyl (C=O) groups is 1. The minimum atomic E-state index is -1.38. The Bertz CT molecular complexity index is 1490. The maximum absolute atomic E-state index is 14.8. The molecule has 38 heavy (non-hydrogen) atoms. The largest absolute Gasteiger partial charge is 0.477 e. The van der Waals surface area contributed by atoms with Crippen LogP contribution in [0.2, 0.25) is 5.02 Å². The molecular weight excluding hydrogens is 511 g/mol. The quantitative estimate of drug-likeness (QED) is 0.265. The fourth-order valence-electron chi connectivity index (χ4n) is 4.13. The molecule has 7 nitrogen and oxygen atoms in total. The lowest BCUT2D eigenvalue weighted by molar-refractivity contribution is 0.0694. The Morgan fingerprint density at radius 1 is 1.16 bits per heavy atom. The first-order valence-corrected chi connectivity index (χ1v) is 12.7. The number of carboxylic acid groups (broad SMARTS) is 1. The van der Waals surface area contributed by atoms with E-state index in [2.05, 4.69) is 4.98 Å². The Labute approximate surface area is 225 Å². The zero-order valence-electron chi connectivity index (χ0n) is 21.6. The lowest BCUT2D eigenvalue weighted by atomic mass is 9.98. The second-order valence-corrected chi connectivity index (χ2v) is 9.14. The number of aromatic nitrogens is 2. The van der Waals surface area contributed by atoms with Crippen LogP contribution in [-0.2, 0) is 6.42 Å². The van der Waals surface area contributed by atoms with Crippen LogP contribution in [0.1, 0.15) is 55.2 Å². The summed E-state index contributed by atoms with van der Waals surface area (Å²) in [4.78, 5) is 29.1. The van der Waals surface area contributed by atoms with Crippen LogP contribution in [0.25, 0.3) is 10.9 Å². The number of aliphatic hydroxyl groups is 1. The van der Waals surface area contributed by atoms with E-state index >= 15 is 0 Å². The molecule has 0 aliphatic heterocycles. The third-order valence-corrected chi connectivity index (χ3v) is 6.33. The van der Waals surface area contributed by atoms with Crippen molar-refractivity contribution in [2.45, 2.75) is 40.2 Å².